The number of fused-ring (bicyclic) bond motifs is 1. The molecule has 0 aromatic heterocycles. The lowest BCUT2D eigenvalue weighted by Crippen LogP contribution is -1.98. The van der Waals surface area contributed by atoms with Gasteiger partial charge in [0.25, 0.3) is 0 Å². The van der Waals surface area contributed by atoms with Crippen LogP contribution >= 0.6 is 0 Å². The lowest BCUT2D eigenvalue weighted by Gasteiger charge is -2.08. The summed E-state index contributed by atoms with van der Waals surface area (Å²) >= 11 is 0. The molecular formula is C17H16O3. The van der Waals surface area contributed by atoms with Crippen molar-refractivity contribution in [1.29, 1.82) is 0 Å². The quantitative estimate of drug-likeness (QED) is 0.852. The lowest BCUT2D eigenvalue weighted by molar-refractivity contribution is 0.0961. The maximum Gasteiger partial charge on any atom is 0.203 e. The topological polar surface area (TPSA) is 35.5 Å². The van der Waals surface area contributed by atoms with Crippen LogP contribution in [0.4, 0.5) is 0 Å². The fourth-order valence-corrected chi connectivity index (χ4v) is 2.20. The second kappa shape index (κ2) is 5.37. The average Bonchev–Trinajstić information content (AvgIpc) is 2.87. The van der Waals surface area contributed by atoms with Gasteiger partial charge in [-0.1, -0.05) is 31.2 Å². The van der Waals surface area contributed by atoms with E-state index in [4.69, 9.17) is 9.47 Å². The van der Waals surface area contributed by atoms with Gasteiger partial charge in [-0.05, 0) is 29.7 Å². The molecule has 0 fully saturated rings. The highest BCUT2D eigenvalue weighted by molar-refractivity contribution is 6.02. The van der Waals surface area contributed by atoms with Crippen LogP contribution in [-0.4, -0.2) is 12.4 Å². The predicted octanol–water partition coefficient (Wildman–Crippen LogP) is 3.40. The number of hydrogen-bond acceptors (Lipinski definition) is 3. The van der Waals surface area contributed by atoms with Crippen LogP contribution in [0.25, 0.3) is 0 Å². The van der Waals surface area contributed by atoms with Gasteiger partial charge in [0.15, 0.2) is 6.61 Å². The summed E-state index contributed by atoms with van der Waals surface area (Å²) in [6.45, 7) is 2.78. The fourth-order valence-electron chi connectivity index (χ4n) is 2.20. The van der Waals surface area contributed by atoms with Crippen molar-refractivity contribution in [2.75, 3.05) is 6.61 Å². The Labute approximate surface area is 118 Å². The summed E-state index contributed by atoms with van der Waals surface area (Å²) in [5.41, 5.74) is 3.09. The van der Waals surface area contributed by atoms with Crippen molar-refractivity contribution in [2.24, 2.45) is 0 Å². The number of aryl methyl sites for hydroxylation is 1. The second-order valence-corrected chi connectivity index (χ2v) is 4.83. The number of hydrogen-bond donors (Lipinski definition) is 0. The van der Waals surface area contributed by atoms with E-state index in [1.54, 1.807) is 12.1 Å². The van der Waals surface area contributed by atoms with Crippen molar-refractivity contribution in [1.82, 2.24) is 0 Å². The Hall–Kier alpha value is -2.29. The summed E-state index contributed by atoms with van der Waals surface area (Å²) in [5.74, 6) is 1.37. The first-order valence-corrected chi connectivity index (χ1v) is 6.77. The molecule has 0 radical (unpaired) electrons. The molecule has 3 rings (SSSR count). The molecule has 102 valence electrons. The maximum atomic E-state index is 11.5. The molecule has 0 bridgehead atoms. The third kappa shape index (κ3) is 2.52. The van der Waals surface area contributed by atoms with Gasteiger partial charge in [0.1, 0.15) is 18.1 Å². The largest absolute Gasteiger partial charge is 0.489 e. The smallest absolute Gasteiger partial charge is 0.203 e. The van der Waals surface area contributed by atoms with E-state index in [0.717, 1.165) is 17.7 Å². The number of benzene rings is 2. The van der Waals surface area contributed by atoms with E-state index in [0.29, 0.717) is 17.9 Å². The highest BCUT2D eigenvalue weighted by atomic mass is 16.5. The molecule has 1 aliphatic rings. The van der Waals surface area contributed by atoms with E-state index >= 15 is 0 Å². The van der Waals surface area contributed by atoms with Crippen molar-refractivity contribution >= 4 is 5.78 Å². The zero-order valence-electron chi connectivity index (χ0n) is 11.4. The SMILES string of the molecule is CCc1ccc(COc2ccc3c(c2)OCC3=O)cc1. The van der Waals surface area contributed by atoms with Gasteiger partial charge in [0.2, 0.25) is 5.78 Å². The number of carbonyl (C=O) groups excluding carboxylic acids is 1. The Bertz CT molecular complexity index is 629. The highest BCUT2D eigenvalue weighted by Gasteiger charge is 2.21. The van der Waals surface area contributed by atoms with Crippen LogP contribution in [0.2, 0.25) is 0 Å². The van der Waals surface area contributed by atoms with Crippen molar-refractivity contribution in [3.8, 4) is 11.5 Å². The Morgan fingerprint density at radius 1 is 1.10 bits per heavy atom. The van der Waals surface area contributed by atoms with Gasteiger partial charge in [-0.25, -0.2) is 0 Å². The van der Waals surface area contributed by atoms with E-state index < -0.39 is 0 Å². The van der Waals surface area contributed by atoms with Gasteiger partial charge in [0, 0.05) is 6.07 Å². The van der Waals surface area contributed by atoms with E-state index in [9.17, 15) is 4.79 Å². The summed E-state index contributed by atoms with van der Waals surface area (Å²) in [7, 11) is 0. The van der Waals surface area contributed by atoms with Crippen LogP contribution in [-0.2, 0) is 13.0 Å². The van der Waals surface area contributed by atoms with Gasteiger partial charge >= 0.3 is 0 Å². The van der Waals surface area contributed by atoms with Crippen molar-refractivity contribution < 1.29 is 14.3 Å². The monoisotopic (exact) mass is 268 g/mol. The Balaban J connectivity index is 1.67. The van der Waals surface area contributed by atoms with Crippen molar-refractivity contribution in [2.45, 2.75) is 20.0 Å². The Morgan fingerprint density at radius 2 is 1.85 bits per heavy atom. The van der Waals surface area contributed by atoms with Gasteiger partial charge in [-0.15, -0.1) is 0 Å². The predicted molar refractivity (Wildman–Crippen MR) is 76.4 cm³/mol. The molecule has 0 N–H and O–H groups in total. The minimum absolute atomic E-state index is 0.0294. The van der Waals surface area contributed by atoms with E-state index in [-0.39, 0.29) is 12.4 Å². The second-order valence-electron chi connectivity index (χ2n) is 4.83. The average molecular weight is 268 g/mol. The number of carbonyl (C=O) groups is 1. The van der Waals surface area contributed by atoms with Gasteiger partial charge in [0.05, 0.1) is 5.56 Å². The first-order valence-electron chi connectivity index (χ1n) is 6.77. The normalized spacial score (nSPS) is 12.9. The number of Topliss-reactive ketones (excluding diaryl/α,β-unsaturated/α-hetero) is 1. The number of rotatable bonds is 4. The van der Waals surface area contributed by atoms with Crippen LogP contribution < -0.4 is 9.47 Å². The molecule has 1 heterocycles. The molecule has 20 heavy (non-hydrogen) atoms. The summed E-state index contributed by atoms with van der Waals surface area (Å²) < 4.78 is 11.0. The van der Waals surface area contributed by atoms with Crippen molar-refractivity contribution in [3.63, 3.8) is 0 Å². The minimum Gasteiger partial charge on any atom is -0.489 e. The maximum absolute atomic E-state index is 11.5. The van der Waals surface area contributed by atoms with Crippen LogP contribution in [0, 0.1) is 0 Å². The van der Waals surface area contributed by atoms with Gasteiger partial charge in [-0.2, -0.15) is 0 Å². The van der Waals surface area contributed by atoms with E-state index in [2.05, 4.69) is 31.2 Å². The fraction of sp³-hybridized carbons (Fsp3) is 0.235. The minimum atomic E-state index is 0.0294. The van der Waals surface area contributed by atoms with E-state index in [1.165, 1.54) is 5.56 Å². The van der Waals surface area contributed by atoms with Crippen LogP contribution in [0.5, 0.6) is 11.5 Å². The Kier molecular flexibility index (Phi) is 3.42. The third-order valence-electron chi connectivity index (χ3n) is 3.45. The zero-order chi connectivity index (χ0) is 13.9. The van der Waals surface area contributed by atoms with Crippen LogP contribution in [0.1, 0.15) is 28.4 Å². The summed E-state index contributed by atoms with van der Waals surface area (Å²) in [6, 6.07) is 13.7. The van der Waals surface area contributed by atoms with Gasteiger partial charge < -0.3 is 9.47 Å². The lowest BCUT2D eigenvalue weighted by atomic mass is 10.1. The first-order chi connectivity index (χ1) is 9.76. The molecule has 0 amide bonds. The molecule has 1 aliphatic heterocycles. The molecule has 0 saturated carbocycles. The molecule has 0 aliphatic carbocycles. The number of ether oxygens (including phenoxy) is 2. The molecule has 3 heteroatoms. The molecule has 0 atom stereocenters. The summed E-state index contributed by atoms with van der Waals surface area (Å²) in [5, 5.41) is 0. The molecule has 3 nitrogen and oxygen atoms in total. The summed E-state index contributed by atoms with van der Waals surface area (Å²) in [6.07, 6.45) is 1.04. The molecule has 2 aromatic carbocycles. The molecule has 0 spiro atoms. The highest BCUT2D eigenvalue weighted by Crippen LogP contribution is 2.29. The third-order valence-corrected chi connectivity index (χ3v) is 3.45. The first kappa shape index (κ1) is 12.7. The molecule has 2 aromatic rings. The number of ketones is 1. The molecule has 0 unspecified atom stereocenters. The van der Waals surface area contributed by atoms with Crippen LogP contribution in [0.3, 0.4) is 0 Å². The zero-order valence-corrected chi connectivity index (χ0v) is 11.4. The van der Waals surface area contributed by atoms with Crippen molar-refractivity contribution in [3.05, 3.63) is 59.2 Å². The standard InChI is InChI=1S/C17H16O3/c1-2-12-3-5-13(6-4-12)10-19-14-7-8-15-16(18)11-20-17(15)9-14/h3-9H,2,10-11H2,1H3. The molecular weight excluding hydrogens is 252 g/mol. The van der Waals surface area contributed by atoms with Gasteiger partial charge in [-0.3, -0.25) is 4.79 Å². The van der Waals surface area contributed by atoms with E-state index in [1.807, 2.05) is 6.07 Å². The Morgan fingerprint density at radius 3 is 2.60 bits per heavy atom. The summed E-state index contributed by atoms with van der Waals surface area (Å²) in [4.78, 5) is 11.5. The van der Waals surface area contributed by atoms with Crippen LogP contribution in [0.15, 0.2) is 42.5 Å². The molecule has 0 saturated heterocycles.